The molecule has 3 rings (SSSR count). The second-order valence-electron chi connectivity index (χ2n) is 5.24. The minimum Gasteiger partial charge on any atom is -0.324 e. The van der Waals surface area contributed by atoms with E-state index in [2.05, 4.69) is 0 Å². The van der Waals surface area contributed by atoms with E-state index in [4.69, 9.17) is 5.73 Å². The first kappa shape index (κ1) is 12.0. The van der Waals surface area contributed by atoms with Crippen LogP contribution in [-0.4, -0.2) is 20.2 Å². The number of fused-ring (bicyclic) bond motifs is 1. The van der Waals surface area contributed by atoms with Crippen LogP contribution in [0, 0.1) is 0 Å². The summed E-state index contributed by atoms with van der Waals surface area (Å²) in [5, 5.41) is -0.142. The van der Waals surface area contributed by atoms with Crippen LogP contribution in [0.1, 0.15) is 36.9 Å². The number of nitrogens with zero attached hydrogens (tertiary/aromatic N) is 1. The molecule has 1 aliphatic heterocycles. The SMILES string of the molecule is CC(N)c1ccc2c(c1)CCN2S(=O)(=O)C1CC1. The van der Waals surface area contributed by atoms with Crippen molar-refractivity contribution in [1.29, 1.82) is 0 Å². The van der Waals surface area contributed by atoms with E-state index in [0.29, 0.717) is 6.54 Å². The summed E-state index contributed by atoms with van der Waals surface area (Å²) in [5.74, 6) is 0. The van der Waals surface area contributed by atoms with E-state index in [9.17, 15) is 8.42 Å². The molecule has 0 radical (unpaired) electrons. The van der Waals surface area contributed by atoms with Crippen molar-refractivity contribution in [2.75, 3.05) is 10.8 Å². The first-order valence-corrected chi connectivity index (χ1v) is 7.90. The summed E-state index contributed by atoms with van der Waals surface area (Å²) in [5.41, 5.74) is 8.88. The third kappa shape index (κ3) is 1.82. The van der Waals surface area contributed by atoms with Gasteiger partial charge in [-0.25, -0.2) is 8.42 Å². The van der Waals surface area contributed by atoms with Gasteiger partial charge in [-0.1, -0.05) is 12.1 Å². The topological polar surface area (TPSA) is 63.4 Å². The molecule has 1 saturated carbocycles. The van der Waals surface area contributed by atoms with Gasteiger partial charge in [-0.2, -0.15) is 0 Å². The molecule has 0 saturated heterocycles. The van der Waals surface area contributed by atoms with E-state index in [1.807, 2.05) is 25.1 Å². The average molecular weight is 266 g/mol. The minimum atomic E-state index is -3.11. The van der Waals surface area contributed by atoms with Crippen molar-refractivity contribution in [3.05, 3.63) is 29.3 Å². The molecule has 1 aliphatic carbocycles. The van der Waals surface area contributed by atoms with Crippen LogP contribution in [0.25, 0.3) is 0 Å². The van der Waals surface area contributed by atoms with Gasteiger partial charge < -0.3 is 5.73 Å². The molecule has 0 bridgehead atoms. The highest BCUT2D eigenvalue weighted by atomic mass is 32.2. The lowest BCUT2D eigenvalue weighted by Crippen LogP contribution is -2.32. The Hall–Kier alpha value is -1.07. The molecule has 1 heterocycles. The summed E-state index contributed by atoms with van der Waals surface area (Å²) in [6.45, 7) is 2.52. The predicted molar refractivity (Wildman–Crippen MR) is 72.0 cm³/mol. The van der Waals surface area contributed by atoms with E-state index >= 15 is 0 Å². The molecule has 1 aromatic carbocycles. The molecule has 18 heavy (non-hydrogen) atoms. The largest absolute Gasteiger partial charge is 0.324 e. The van der Waals surface area contributed by atoms with Crippen molar-refractivity contribution in [1.82, 2.24) is 0 Å². The Morgan fingerprint density at radius 3 is 2.72 bits per heavy atom. The molecule has 0 spiro atoms. The number of anilines is 1. The summed E-state index contributed by atoms with van der Waals surface area (Å²) in [6, 6.07) is 5.87. The molecule has 2 N–H and O–H groups in total. The van der Waals surface area contributed by atoms with Gasteiger partial charge in [0.1, 0.15) is 0 Å². The van der Waals surface area contributed by atoms with Crippen LogP contribution in [0.3, 0.4) is 0 Å². The van der Waals surface area contributed by atoms with E-state index < -0.39 is 10.0 Å². The Balaban J connectivity index is 1.97. The fourth-order valence-electron chi connectivity index (χ4n) is 2.48. The lowest BCUT2D eigenvalue weighted by atomic mass is 10.0. The first-order valence-electron chi connectivity index (χ1n) is 6.40. The lowest BCUT2D eigenvalue weighted by molar-refractivity contribution is 0.591. The molecule has 5 heteroatoms. The summed E-state index contributed by atoms with van der Waals surface area (Å²) >= 11 is 0. The van der Waals surface area contributed by atoms with Crippen molar-refractivity contribution in [3.8, 4) is 0 Å². The van der Waals surface area contributed by atoms with Crippen LogP contribution in [0.15, 0.2) is 18.2 Å². The third-order valence-electron chi connectivity index (χ3n) is 3.74. The van der Waals surface area contributed by atoms with Crippen molar-refractivity contribution >= 4 is 15.7 Å². The highest BCUT2D eigenvalue weighted by Crippen LogP contribution is 2.38. The first-order chi connectivity index (χ1) is 8.50. The number of rotatable bonds is 3. The maximum Gasteiger partial charge on any atom is 0.238 e. The van der Waals surface area contributed by atoms with Gasteiger partial charge in [0.25, 0.3) is 0 Å². The second kappa shape index (κ2) is 3.96. The molecule has 1 atom stereocenters. The molecule has 0 amide bonds. The Labute approximate surface area is 108 Å². The van der Waals surface area contributed by atoms with Gasteiger partial charge in [0.2, 0.25) is 10.0 Å². The Morgan fingerprint density at radius 1 is 1.39 bits per heavy atom. The van der Waals surface area contributed by atoms with Gasteiger partial charge >= 0.3 is 0 Å². The summed E-state index contributed by atoms with van der Waals surface area (Å²) in [7, 11) is -3.11. The van der Waals surface area contributed by atoms with E-state index in [1.54, 1.807) is 4.31 Å². The zero-order valence-corrected chi connectivity index (χ0v) is 11.3. The summed E-state index contributed by atoms with van der Waals surface area (Å²) in [4.78, 5) is 0. The highest BCUT2D eigenvalue weighted by molar-refractivity contribution is 7.93. The van der Waals surface area contributed by atoms with E-state index in [0.717, 1.165) is 36.1 Å². The fraction of sp³-hybridized carbons (Fsp3) is 0.538. The molecular formula is C13H18N2O2S. The lowest BCUT2D eigenvalue weighted by Gasteiger charge is -2.19. The van der Waals surface area contributed by atoms with Crippen LogP contribution in [-0.2, 0) is 16.4 Å². The summed E-state index contributed by atoms with van der Waals surface area (Å²) in [6.07, 6.45) is 2.42. The quantitative estimate of drug-likeness (QED) is 0.903. The monoisotopic (exact) mass is 266 g/mol. The molecular weight excluding hydrogens is 248 g/mol. The number of hydrogen-bond donors (Lipinski definition) is 1. The third-order valence-corrected chi connectivity index (χ3v) is 6.04. The van der Waals surface area contributed by atoms with Crippen LogP contribution in [0.5, 0.6) is 0 Å². The molecule has 1 fully saturated rings. The van der Waals surface area contributed by atoms with Crippen molar-refractivity contribution in [2.45, 2.75) is 37.5 Å². The number of benzene rings is 1. The standard InChI is InChI=1S/C13H18N2O2S/c1-9(14)10-2-5-13-11(8-10)6-7-15(13)18(16,17)12-3-4-12/h2,5,8-9,12H,3-4,6-7,14H2,1H3. The molecule has 0 aromatic heterocycles. The Bertz CT molecular complexity index is 577. The normalized spacial score (nSPS) is 20.9. The minimum absolute atomic E-state index is 0.00982. The van der Waals surface area contributed by atoms with Gasteiger partial charge in [0.15, 0.2) is 0 Å². The number of hydrogen-bond acceptors (Lipinski definition) is 3. The molecule has 1 unspecified atom stereocenters. The van der Waals surface area contributed by atoms with Crippen LogP contribution in [0.2, 0.25) is 0 Å². The summed E-state index contributed by atoms with van der Waals surface area (Å²) < 4.78 is 26.1. The molecule has 4 nitrogen and oxygen atoms in total. The molecule has 1 aromatic rings. The molecule has 98 valence electrons. The van der Waals surface area contributed by atoms with Crippen molar-refractivity contribution in [2.24, 2.45) is 5.73 Å². The number of sulfonamides is 1. The Morgan fingerprint density at radius 2 is 2.11 bits per heavy atom. The maximum atomic E-state index is 12.3. The highest BCUT2D eigenvalue weighted by Gasteiger charge is 2.42. The second-order valence-corrected chi connectivity index (χ2v) is 7.38. The van der Waals surface area contributed by atoms with Gasteiger partial charge in [0, 0.05) is 12.6 Å². The maximum absolute atomic E-state index is 12.3. The Kier molecular flexibility index (Phi) is 2.64. The average Bonchev–Trinajstić information content (AvgIpc) is 3.08. The van der Waals surface area contributed by atoms with Gasteiger partial charge in [-0.05, 0) is 43.4 Å². The number of nitrogens with two attached hydrogens (primary N) is 1. The smallest absolute Gasteiger partial charge is 0.238 e. The van der Waals surface area contributed by atoms with Crippen molar-refractivity contribution in [3.63, 3.8) is 0 Å². The zero-order valence-electron chi connectivity index (χ0n) is 10.5. The fourth-order valence-corrected chi connectivity index (χ4v) is 4.37. The van der Waals surface area contributed by atoms with E-state index in [1.165, 1.54) is 0 Å². The van der Waals surface area contributed by atoms with Crippen LogP contribution in [0.4, 0.5) is 5.69 Å². The van der Waals surface area contributed by atoms with Gasteiger partial charge in [-0.3, -0.25) is 4.31 Å². The van der Waals surface area contributed by atoms with E-state index in [-0.39, 0.29) is 11.3 Å². The van der Waals surface area contributed by atoms with Crippen molar-refractivity contribution < 1.29 is 8.42 Å². The van der Waals surface area contributed by atoms with Crippen LogP contribution < -0.4 is 10.0 Å². The zero-order chi connectivity index (χ0) is 12.9. The van der Waals surface area contributed by atoms with Gasteiger partial charge in [0.05, 0.1) is 10.9 Å². The predicted octanol–water partition coefficient (Wildman–Crippen LogP) is 1.56. The molecule has 2 aliphatic rings. The van der Waals surface area contributed by atoms with Gasteiger partial charge in [-0.15, -0.1) is 0 Å². The van der Waals surface area contributed by atoms with Crippen LogP contribution >= 0.6 is 0 Å².